The molecule has 2 aliphatic heterocycles. The Labute approximate surface area is 109 Å². The molecule has 1 saturated carbocycles. The third-order valence-corrected chi connectivity index (χ3v) is 4.02. The largest absolute Gasteiger partial charge is 0.444 e. The van der Waals surface area contributed by atoms with E-state index in [1.165, 1.54) is 0 Å². The zero-order valence-electron chi connectivity index (χ0n) is 11.8. The van der Waals surface area contributed by atoms with E-state index in [4.69, 9.17) is 4.74 Å². The maximum atomic E-state index is 12.0. The number of nitrogens with zero attached hydrogens (tertiary/aromatic N) is 1. The van der Waals surface area contributed by atoms with Crippen molar-refractivity contribution in [1.29, 1.82) is 0 Å². The molecule has 104 valence electrons. The number of aliphatic hydroxyl groups is 1. The van der Waals surface area contributed by atoms with E-state index in [0.29, 0.717) is 17.9 Å². The van der Waals surface area contributed by atoms with E-state index in [1.807, 2.05) is 32.6 Å². The second kappa shape index (κ2) is 4.72. The number of aliphatic hydroxyl groups excluding tert-OH is 1. The molecule has 2 heterocycles. The molecule has 0 spiro atoms. The van der Waals surface area contributed by atoms with Crippen molar-refractivity contribution in [3.8, 4) is 0 Å². The molecule has 3 fully saturated rings. The first-order valence-electron chi connectivity index (χ1n) is 6.95. The number of ether oxygens (including phenoxy) is 1. The second-order valence-corrected chi connectivity index (χ2v) is 6.79. The van der Waals surface area contributed by atoms with Crippen molar-refractivity contribution in [1.82, 2.24) is 4.90 Å². The third-order valence-electron chi connectivity index (χ3n) is 4.02. The average molecular weight is 255 g/mol. The van der Waals surface area contributed by atoms with Crippen molar-refractivity contribution < 1.29 is 14.6 Å². The van der Waals surface area contributed by atoms with Crippen molar-refractivity contribution >= 4 is 6.09 Å². The van der Waals surface area contributed by atoms with Crippen LogP contribution < -0.4 is 0 Å². The summed E-state index contributed by atoms with van der Waals surface area (Å²) in [6, 6.07) is 0.351. The van der Waals surface area contributed by atoms with Crippen LogP contribution >= 0.6 is 0 Å². The number of hydrogen-bond acceptors (Lipinski definition) is 3. The summed E-state index contributed by atoms with van der Waals surface area (Å²) >= 11 is 0. The fourth-order valence-electron chi connectivity index (χ4n) is 3.13. The summed E-state index contributed by atoms with van der Waals surface area (Å²) in [6.45, 7) is 8.36. The first-order chi connectivity index (χ1) is 8.28. The SMILES string of the molecule is C[C@@H](O)CCC1[C@H]2C[C@@H]1N(C(=O)OC(C)(C)C)C2. The number of carbonyl (C=O) groups excluding carboxylic acids is 1. The van der Waals surface area contributed by atoms with Gasteiger partial charge in [-0.15, -0.1) is 0 Å². The van der Waals surface area contributed by atoms with E-state index in [9.17, 15) is 9.90 Å². The molecule has 0 aromatic carbocycles. The summed E-state index contributed by atoms with van der Waals surface area (Å²) in [6.07, 6.45) is 2.56. The predicted octanol–water partition coefficient (Wildman–Crippen LogP) is 2.40. The molecule has 4 atom stereocenters. The lowest BCUT2D eigenvalue weighted by Crippen LogP contribution is -2.43. The van der Waals surface area contributed by atoms with Gasteiger partial charge in [0.15, 0.2) is 0 Å². The van der Waals surface area contributed by atoms with E-state index < -0.39 is 5.60 Å². The first-order valence-corrected chi connectivity index (χ1v) is 6.95. The summed E-state index contributed by atoms with van der Waals surface area (Å²) in [5.74, 6) is 1.20. The molecule has 4 heteroatoms. The minimum absolute atomic E-state index is 0.172. The first kappa shape index (κ1) is 13.7. The Morgan fingerprint density at radius 3 is 2.72 bits per heavy atom. The van der Waals surface area contributed by atoms with Crippen LogP contribution in [0.2, 0.25) is 0 Å². The molecule has 0 radical (unpaired) electrons. The van der Waals surface area contributed by atoms with Crippen molar-refractivity contribution in [3.63, 3.8) is 0 Å². The number of hydrogen-bond donors (Lipinski definition) is 1. The minimum Gasteiger partial charge on any atom is -0.444 e. The van der Waals surface area contributed by atoms with E-state index in [-0.39, 0.29) is 12.2 Å². The van der Waals surface area contributed by atoms with Gasteiger partial charge in [0.25, 0.3) is 0 Å². The van der Waals surface area contributed by atoms with Crippen molar-refractivity contribution in [2.75, 3.05) is 6.54 Å². The molecule has 3 rings (SSSR count). The number of fused-ring (bicyclic) bond motifs is 1. The lowest BCUT2D eigenvalue weighted by atomic mass is 9.71. The normalized spacial score (nSPS) is 32.1. The highest BCUT2D eigenvalue weighted by atomic mass is 16.6. The third kappa shape index (κ3) is 2.79. The molecule has 18 heavy (non-hydrogen) atoms. The van der Waals surface area contributed by atoms with Gasteiger partial charge in [0.2, 0.25) is 0 Å². The number of amides is 1. The zero-order valence-corrected chi connectivity index (χ0v) is 11.8. The number of carbonyl (C=O) groups is 1. The molecule has 1 unspecified atom stereocenters. The van der Waals surface area contributed by atoms with Gasteiger partial charge in [-0.25, -0.2) is 4.79 Å². The molecule has 3 aliphatic rings. The molecule has 0 aromatic rings. The molecule has 4 nitrogen and oxygen atoms in total. The van der Waals surface area contributed by atoms with Crippen LogP contribution in [0.1, 0.15) is 47.0 Å². The summed E-state index contributed by atoms with van der Waals surface area (Å²) in [4.78, 5) is 13.9. The standard InChI is InChI=1S/C14H25NO3/c1-9(16)5-6-11-10-7-12(11)15(8-10)13(17)18-14(2,3)4/h9-12,16H,5-8H2,1-4H3/t9-,10+,11?,12+/m1/s1. The lowest BCUT2D eigenvalue weighted by molar-refractivity contribution is 0.0189. The molecule has 2 bridgehead atoms. The molecule has 1 aliphatic carbocycles. The van der Waals surface area contributed by atoms with Crippen LogP contribution in [0.5, 0.6) is 0 Å². The van der Waals surface area contributed by atoms with Crippen molar-refractivity contribution in [3.05, 3.63) is 0 Å². The van der Waals surface area contributed by atoms with Crippen LogP contribution in [-0.2, 0) is 4.74 Å². The van der Waals surface area contributed by atoms with E-state index in [1.54, 1.807) is 0 Å². The summed E-state index contributed by atoms with van der Waals surface area (Å²) in [5, 5.41) is 9.34. The van der Waals surface area contributed by atoms with Gasteiger partial charge in [-0.3, -0.25) is 0 Å². The molecule has 1 N–H and O–H groups in total. The summed E-state index contributed by atoms with van der Waals surface area (Å²) in [5.41, 5.74) is -0.417. The van der Waals surface area contributed by atoms with Gasteiger partial charge < -0.3 is 14.7 Å². The van der Waals surface area contributed by atoms with E-state index >= 15 is 0 Å². The smallest absolute Gasteiger partial charge is 0.410 e. The zero-order chi connectivity index (χ0) is 13.5. The fraction of sp³-hybridized carbons (Fsp3) is 0.929. The van der Waals surface area contributed by atoms with E-state index in [2.05, 4.69) is 0 Å². The molecule has 2 saturated heterocycles. The van der Waals surface area contributed by atoms with Crippen LogP contribution in [0.3, 0.4) is 0 Å². The van der Waals surface area contributed by atoms with Crippen LogP contribution in [0.4, 0.5) is 4.79 Å². The van der Waals surface area contributed by atoms with Gasteiger partial charge in [-0.2, -0.15) is 0 Å². The van der Waals surface area contributed by atoms with Crippen LogP contribution in [0.25, 0.3) is 0 Å². The van der Waals surface area contributed by atoms with Gasteiger partial charge in [-0.1, -0.05) is 0 Å². The highest BCUT2D eigenvalue weighted by Gasteiger charge is 2.53. The molecule has 1 amide bonds. The molecule has 0 aromatic heterocycles. The lowest BCUT2D eigenvalue weighted by Gasteiger charge is -2.37. The van der Waals surface area contributed by atoms with Gasteiger partial charge >= 0.3 is 6.09 Å². The highest BCUT2D eigenvalue weighted by molar-refractivity contribution is 5.69. The van der Waals surface area contributed by atoms with E-state index in [0.717, 1.165) is 25.8 Å². The predicted molar refractivity (Wildman–Crippen MR) is 69.2 cm³/mol. The molecular weight excluding hydrogens is 230 g/mol. The quantitative estimate of drug-likeness (QED) is 0.842. The number of rotatable bonds is 3. The van der Waals surface area contributed by atoms with Crippen molar-refractivity contribution in [2.24, 2.45) is 11.8 Å². The Balaban J connectivity index is 1.86. The summed E-state index contributed by atoms with van der Waals surface area (Å²) in [7, 11) is 0. The monoisotopic (exact) mass is 255 g/mol. The maximum absolute atomic E-state index is 12.0. The van der Waals surface area contributed by atoms with Gasteiger partial charge in [-0.05, 0) is 58.8 Å². The van der Waals surface area contributed by atoms with Gasteiger partial charge in [0.05, 0.1) is 6.10 Å². The average Bonchev–Trinajstić information content (AvgIpc) is 2.71. The Kier molecular flexibility index (Phi) is 3.58. The fourth-order valence-corrected chi connectivity index (χ4v) is 3.13. The van der Waals surface area contributed by atoms with Crippen LogP contribution in [-0.4, -0.2) is 40.4 Å². The Morgan fingerprint density at radius 1 is 1.50 bits per heavy atom. The maximum Gasteiger partial charge on any atom is 0.410 e. The van der Waals surface area contributed by atoms with Crippen molar-refractivity contribution in [2.45, 2.75) is 64.7 Å². The topological polar surface area (TPSA) is 49.8 Å². The Bertz CT molecular complexity index is 321. The Hall–Kier alpha value is -0.770. The van der Waals surface area contributed by atoms with Gasteiger partial charge in [0.1, 0.15) is 5.60 Å². The van der Waals surface area contributed by atoms with Crippen LogP contribution in [0, 0.1) is 11.8 Å². The minimum atomic E-state index is -0.417. The van der Waals surface area contributed by atoms with Crippen LogP contribution in [0.15, 0.2) is 0 Å². The Morgan fingerprint density at radius 2 is 2.17 bits per heavy atom. The highest BCUT2D eigenvalue weighted by Crippen LogP contribution is 2.49. The van der Waals surface area contributed by atoms with Gasteiger partial charge in [0, 0.05) is 12.6 Å². The second-order valence-electron chi connectivity index (χ2n) is 6.79. The molecular formula is C14H25NO3. The summed E-state index contributed by atoms with van der Waals surface area (Å²) < 4.78 is 5.43.